The number of hydrogen-bond acceptors (Lipinski definition) is 2. The van der Waals surface area contributed by atoms with Gasteiger partial charge in [-0.15, -0.1) is 5.10 Å². The number of nitrogens with two attached hydrogens (primary N) is 1. The molecule has 78 valence electrons. The van der Waals surface area contributed by atoms with E-state index in [1.165, 1.54) is 11.8 Å². The molecule has 1 aromatic rings. The molecule has 0 unspecified atom stereocenters. The number of hydrazone groups is 1. The molecule has 0 aliphatic heterocycles. The van der Waals surface area contributed by atoms with Crippen molar-refractivity contribution < 1.29 is 5.10 Å². The van der Waals surface area contributed by atoms with Crippen molar-refractivity contribution in [3.8, 4) is 0 Å². The zero-order valence-corrected chi connectivity index (χ0v) is 9.37. The zero-order chi connectivity index (χ0) is 10.9. The van der Waals surface area contributed by atoms with Crippen molar-refractivity contribution >= 4 is 29.2 Å². The summed E-state index contributed by atoms with van der Waals surface area (Å²) in [6.45, 7) is 0. The summed E-state index contributed by atoms with van der Waals surface area (Å²) in [5, 5.41) is 7.12. The van der Waals surface area contributed by atoms with Gasteiger partial charge in [0.1, 0.15) is 0 Å². The minimum Gasteiger partial charge on any atom is -0.373 e. The lowest BCUT2D eigenvalue weighted by Gasteiger charge is -1.87. The molecule has 3 nitrogen and oxygen atoms in total. The van der Waals surface area contributed by atoms with E-state index < -0.39 is 0 Å². The van der Waals surface area contributed by atoms with Crippen LogP contribution in [-0.2, 0) is 0 Å². The highest BCUT2D eigenvalue weighted by Gasteiger charge is 1.86. The zero-order valence-electron chi connectivity index (χ0n) is 8.55. The van der Waals surface area contributed by atoms with Crippen molar-refractivity contribution in [3.63, 3.8) is 0 Å². The molecule has 3 N–H and O–H groups in total. The van der Waals surface area contributed by atoms with Crippen LogP contribution in [0.15, 0.2) is 41.5 Å². The van der Waals surface area contributed by atoms with Gasteiger partial charge in [0.25, 0.3) is 0 Å². The van der Waals surface area contributed by atoms with Gasteiger partial charge in [-0.1, -0.05) is 42.1 Å². The highest BCUT2D eigenvalue weighted by molar-refractivity contribution is 8.13. The van der Waals surface area contributed by atoms with Gasteiger partial charge >= 0.3 is 0 Å². The van der Waals surface area contributed by atoms with Crippen molar-refractivity contribution in [2.24, 2.45) is 10.8 Å². The lowest BCUT2D eigenvalue weighted by atomic mass is 10.2. The molecule has 0 saturated heterocycles. The van der Waals surface area contributed by atoms with E-state index in [0.29, 0.717) is 5.17 Å². The Morgan fingerprint density at radius 3 is 2.80 bits per heavy atom. The second-order valence-corrected chi connectivity index (χ2v) is 3.55. The highest BCUT2D eigenvalue weighted by atomic mass is 32.2. The van der Waals surface area contributed by atoms with Crippen LogP contribution in [0.3, 0.4) is 0 Å². The fourth-order valence-corrected chi connectivity index (χ4v) is 1.06. The summed E-state index contributed by atoms with van der Waals surface area (Å²) >= 11 is 1.40. The Morgan fingerprint density at radius 1 is 1.40 bits per heavy atom. The molecule has 0 fully saturated rings. The highest BCUT2D eigenvalue weighted by Crippen LogP contribution is 1.99. The van der Waals surface area contributed by atoms with Crippen LogP contribution >= 0.6 is 11.8 Å². The molecular formula is C11H14N3S+. The Kier molecular flexibility index (Phi) is 5.25. The van der Waals surface area contributed by atoms with Crippen LogP contribution in [0.2, 0.25) is 0 Å². The van der Waals surface area contributed by atoms with Crippen LogP contribution in [0.4, 0.5) is 0 Å². The normalized spacial score (nSPS) is 12.7. The van der Waals surface area contributed by atoms with E-state index in [0.717, 1.165) is 5.56 Å². The SMILES string of the molecule is CSC(N)=N[NH+]=CC=Cc1ccccc1. The molecule has 0 bridgehead atoms. The van der Waals surface area contributed by atoms with E-state index in [9.17, 15) is 0 Å². The molecule has 0 atom stereocenters. The minimum absolute atomic E-state index is 0.513. The number of thioether (sulfide) groups is 1. The summed E-state index contributed by atoms with van der Waals surface area (Å²) in [4.78, 5) is 0. The molecule has 0 amide bonds. The third-order valence-electron chi connectivity index (χ3n) is 1.64. The molecule has 15 heavy (non-hydrogen) atoms. The van der Waals surface area contributed by atoms with Gasteiger partial charge in [-0.25, -0.2) is 0 Å². The standard InChI is InChI=1S/C11H13N3S/c1-15-11(12)14-13-9-5-8-10-6-3-2-4-7-10/h2-9H,1H3,(H2,12,14)/p+1. The van der Waals surface area contributed by atoms with Gasteiger partial charge in [0.05, 0.1) is 0 Å². The molecule has 4 heteroatoms. The summed E-state index contributed by atoms with van der Waals surface area (Å²) in [7, 11) is 0. The van der Waals surface area contributed by atoms with Crippen LogP contribution in [0.1, 0.15) is 5.56 Å². The van der Waals surface area contributed by atoms with Gasteiger partial charge < -0.3 is 5.73 Å². The van der Waals surface area contributed by atoms with Crippen molar-refractivity contribution in [2.75, 3.05) is 6.26 Å². The van der Waals surface area contributed by atoms with Gasteiger partial charge in [-0.05, 0) is 17.9 Å². The first kappa shape index (κ1) is 11.5. The third-order valence-corrected chi connectivity index (χ3v) is 2.15. The number of nitrogens with one attached hydrogen (secondary N) is 1. The van der Waals surface area contributed by atoms with Gasteiger partial charge in [0.2, 0.25) is 5.17 Å². The predicted molar refractivity (Wildman–Crippen MR) is 67.6 cm³/mol. The first-order valence-corrected chi connectivity index (χ1v) is 5.73. The maximum Gasteiger partial charge on any atom is 0.225 e. The number of nitrogens with zero attached hydrogens (tertiary/aromatic N) is 1. The van der Waals surface area contributed by atoms with E-state index >= 15 is 0 Å². The summed E-state index contributed by atoms with van der Waals surface area (Å²) in [5.41, 5.74) is 6.62. The molecule has 0 aliphatic carbocycles. The van der Waals surface area contributed by atoms with Gasteiger partial charge in [0.15, 0.2) is 6.21 Å². The van der Waals surface area contributed by atoms with Crippen molar-refractivity contribution in [1.29, 1.82) is 0 Å². The lowest BCUT2D eigenvalue weighted by Crippen LogP contribution is -2.62. The van der Waals surface area contributed by atoms with Crippen LogP contribution in [0.25, 0.3) is 6.08 Å². The lowest BCUT2D eigenvalue weighted by molar-refractivity contribution is -0.455. The predicted octanol–water partition coefficient (Wildman–Crippen LogP) is 0.444. The molecular weight excluding hydrogens is 206 g/mol. The number of rotatable bonds is 3. The smallest absolute Gasteiger partial charge is 0.225 e. The van der Waals surface area contributed by atoms with Crippen LogP contribution in [0, 0.1) is 0 Å². The second kappa shape index (κ2) is 6.84. The molecule has 0 saturated carbocycles. The average Bonchev–Trinajstić information content (AvgIpc) is 2.29. The summed E-state index contributed by atoms with van der Waals surface area (Å²) < 4.78 is 0. The van der Waals surface area contributed by atoms with Gasteiger partial charge in [-0.2, -0.15) is 0 Å². The molecule has 0 aromatic heterocycles. The van der Waals surface area contributed by atoms with Crippen molar-refractivity contribution in [2.45, 2.75) is 0 Å². The van der Waals surface area contributed by atoms with E-state index in [4.69, 9.17) is 5.73 Å². The molecule has 1 rings (SSSR count). The number of hydrogen-bond donors (Lipinski definition) is 2. The number of allylic oxidation sites excluding steroid dienone is 1. The quantitative estimate of drug-likeness (QED) is 0.441. The second-order valence-electron chi connectivity index (χ2n) is 2.72. The Morgan fingerprint density at radius 2 is 2.13 bits per heavy atom. The fraction of sp³-hybridized carbons (Fsp3) is 0.0909. The Hall–Kier alpha value is -1.55. The summed E-state index contributed by atoms with van der Waals surface area (Å²) in [6.07, 6.45) is 7.47. The summed E-state index contributed by atoms with van der Waals surface area (Å²) in [6, 6.07) is 10.0. The molecule has 0 aliphatic rings. The van der Waals surface area contributed by atoms with Crippen molar-refractivity contribution in [1.82, 2.24) is 0 Å². The van der Waals surface area contributed by atoms with E-state index in [2.05, 4.69) is 10.2 Å². The molecule has 0 radical (unpaired) electrons. The van der Waals surface area contributed by atoms with E-state index in [-0.39, 0.29) is 0 Å². The van der Waals surface area contributed by atoms with E-state index in [1.807, 2.05) is 48.7 Å². The first-order chi connectivity index (χ1) is 7.33. The maximum atomic E-state index is 5.47. The Balaban J connectivity index is 2.47. The number of amidine groups is 1. The topological polar surface area (TPSA) is 52.3 Å². The van der Waals surface area contributed by atoms with Crippen molar-refractivity contribution in [3.05, 3.63) is 42.0 Å². The molecule has 0 heterocycles. The Bertz CT molecular complexity index is 369. The van der Waals surface area contributed by atoms with Gasteiger partial charge in [-0.3, -0.25) is 0 Å². The van der Waals surface area contributed by atoms with E-state index in [1.54, 1.807) is 6.21 Å². The Labute approximate surface area is 93.8 Å². The minimum atomic E-state index is 0.513. The summed E-state index contributed by atoms with van der Waals surface area (Å²) in [5.74, 6) is 0. The third kappa shape index (κ3) is 5.02. The fourth-order valence-electron chi connectivity index (χ4n) is 0.913. The van der Waals surface area contributed by atoms with Crippen LogP contribution < -0.4 is 10.8 Å². The largest absolute Gasteiger partial charge is 0.373 e. The first-order valence-electron chi connectivity index (χ1n) is 4.50. The molecule has 1 aromatic carbocycles. The van der Waals surface area contributed by atoms with Crippen LogP contribution in [0.5, 0.6) is 0 Å². The number of benzene rings is 1. The molecule has 0 spiro atoms. The maximum absolute atomic E-state index is 5.47. The monoisotopic (exact) mass is 220 g/mol. The average molecular weight is 220 g/mol. The van der Waals surface area contributed by atoms with Gasteiger partial charge in [0, 0.05) is 11.2 Å². The van der Waals surface area contributed by atoms with Crippen LogP contribution in [-0.4, -0.2) is 17.6 Å².